The highest BCUT2D eigenvalue weighted by Crippen LogP contribution is 2.26. The van der Waals surface area contributed by atoms with E-state index in [4.69, 9.17) is 14.6 Å². The molecule has 1 saturated carbocycles. The summed E-state index contributed by atoms with van der Waals surface area (Å²) in [6, 6.07) is 0.440. The molecule has 0 heterocycles. The van der Waals surface area contributed by atoms with Crippen molar-refractivity contribution in [2.75, 3.05) is 26.9 Å². The van der Waals surface area contributed by atoms with Gasteiger partial charge in [-0.25, -0.2) is 0 Å². The lowest BCUT2D eigenvalue weighted by molar-refractivity contribution is -0.131. The van der Waals surface area contributed by atoms with Crippen LogP contribution in [0.3, 0.4) is 0 Å². The van der Waals surface area contributed by atoms with Crippen molar-refractivity contribution < 1.29 is 14.6 Å². The molecule has 0 aromatic carbocycles. The van der Waals surface area contributed by atoms with Crippen molar-refractivity contribution in [2.24, 2.45) is 0 Å². The zero-order chi connectivity index (χ0) is 11.8. The minimum atomic E-state index is 0.206. The molecule has 0 bridgehead atoms. The number of hydrogen-bond donors (Lipinski definition) is 2. The predicted molar refractivity (Wildman–Crippen MR) is 63.6 cm³/mol. The van der Waals surface area contributed by atoms with E-state index in [1.165, 1.54) is 0 Å². The Balaban J connectivity index is 2.05. The number of rotatable bonds is 9. The highest BCUT2D eigenvalue weighted by Gasteiger charge is 2.41. The molecule has 4 nitrogen and oxygen atoms in total. The summed E-state index contributed by atoms with van der Waals surface area (Å²) < 4.78 is 11.0. The van der Waals surface area contributed by atoms with E-state index in [0.29, 0.717) is 12.6 Å². The summed E-state index contributed by atoms with van der Waals surface area (Å²) >= 11 is 0. The largest absolute Gasteiger partial charge is 0.396 e. The van der Waals surface area contributed by atoms with E-state index in [2.05, 4.69) is 5.32 Å². The maximum atomic E-state index is 8.65. The summed E-state index contributed by atoms with van der Waals surface area (Å²) in [5.41, 5.74) is 0. The third kappa shape index (κ3) is 4.01. The summed E-state index contributed by atoms with van der Waals surface area (Å²) in [5, 5.41) is 12.1. The molecule has 0 amide bonds. The van der Waals surface area contributed by atoms with Crippen LogP contribution in [0.1, 0.15) is 32.6 Å². The Morgan fingerprint density at radius 2 is 2.12 bits per heavy atom. The molecule has 0 aliphatic heterocycles. The molecule has 3 atom stereocenters. The number of ether oxygens (including phenoxy) is 2. The van der Waals surface area contributed by atoms with Crippen molar-refractivity contribution in [3.05, 3.63) is 0 Å². The fourth-order valence-corrected chi connectivity index (χ4v) is 2.18. The SMILES string of the molecule is CCOC1CC(NCCCCCO)C1OC. The van der Waals surface area contributed by atoms with Crippen LogP contribution < -0.4 is 5.32 Å². The molecule has 1 aliphatic carbocycles. The summed E-state index contributed by atoms with van der Waals surface area (Å²) in [6.07, 6.45) is 4.63. The number of unbranched alkanes of at least 4 members (excludes halogenated alkanes) is 2. The van der Waals surface area contributed by atoms with Gasteiger partial charge in [0.05, 0.1) is 12.2 Å². The first kappa shape index (κ1) is 13.9. The number of hydrogen-bond acceptors (Lipinski definition) is 4. The molecule has 4 heteroatoms. The molecule has 3 unspecified atom stereocenters. The summed E-state index contributed by atoms with van der Waals surface area (Å²) in [4.78, 5) is 0. The van der Waals surface area contributed by atoms with Gasteiger partial charge < -0.3 is 19.9 Å². The van der Waals surface area contributed by atoms with Gasteiger partial charge in [0.2, 0.25) is 0 Å². The van der Waals surface area contributed by atoms with E-state index >= 15 is 0 Å². The molecule has 0 spiro atoms. The van der Waals surface area contributed by atoms with Gasteiger partial charge in [-0.05, 0) is 39.2 Å². The third-order valence-corrected chi connectivity index (χ3v) is 3.14. The number of aliphatic hydroxyl groups excluding tert-OH is 1. The van der Waals surface area contributed by atoms with Crippen molar-refractivity contribution in [3.8, 4) is 0 Å². The summed E-state index contributed by atoms with van der Waals surface area (Å²) in [5.74, 6) is 0. The first-order valence-corrected chi connectivity index (χ1v) is 6.32. The Bertz CT molecular complexity index is 178. The van der Waals surface area contributed by atoms with Crippen LogP contribution >= 0.6 is 0 Å². The van der Waals surface area contributed by atoms with Crippen molar-refractivity contribution >= 4 is 0 Å². The van der Waals surface area contributed by atoms with E-state index < -0.39 is 0 Å². The number of aliphatic hydroxyl groups is 1. The lowest BCUT2D eigenvalue weighted by Crippen LogP contribution is -2.59. The first-order valence-electron chi connectivity index (χ1n) is 6.32. The van der Waals surface area contributed by atoms with Crippen LogP contribution in [0.2, 0.25) is 0 Å². The van der Waals surface area contributed by atoms with Gasteiger partial charge in [-0.15, -0.1) is 0 Å². The van der Waals surface area contributed by atoms with Crippen molar-refractivity contribution in [2.45, 2.75) is 50.9 Å². The maximum Gasteiger partial charge on any atom is 0.0986 e. The molecule has 16 heavy (non-hydrogen) atoms. The Morgan fingerprint density at radius 3 is 2.75 bits per heavy atom. The summed E-state index contributed by atoms with van der Waals surface area (Å²) in [7, 11) is 1.75. The van der Waals surface area contributed by atoms with Gasteiger partial charge >= 0.3 is 0 Å². The van der Waals surface area contributed by atoms with Crippen LogP contribution in [0.5, 0.6) is 0 Å². The first-order chi connectivity index (χ1) is 7.83. The second kappa shape index (κ2) is 8.01. The van der Waals surface area contributed by atoms with Gasteiger partial charge in [-0.1, -0.05) is 0 Å². The molecular formula is C12H25NO3. The Hall–Kier alpha value is -0.160. The molecule has 2 N–H and O–H groups in total. The van der Waals surface area contributed by atoms with Crippen LogP contribution in [0.4, 0.5) is 0 Å². The van der Waals surface area contributed by atoms with Gasteiger partial charge in [-0.3, -0.25) is 0 Å². The molecular weight excluding hydrogens is 206 g/mol. The lowest BCUT2D eigenvalue weighted by atomic mass is 9.85. The highest BCUT2D eigenvalue weighted by atomic mass is 16.5. The van der Waals surface area contributed by atoms with Crippen LogP contribution in [0.15, 0.2) is 0 Å². The zero-order valence-corrected chi connectivity index (χ0v) is 10.4. The standard InChI is InChI=1S/C12H25NO3/c1-3-16-11-9-10(12(11)15-2)13-7-5-4-6-8-14/h10-14H,3-9H2,1-2H3. The van der Waals surface area contributed by atoms with Gasteiger partial charge in [0, 0.05) is 26.4 Å². The minimum absolute atomic E-state index is 0.206. The number of nitrogens with one attached hydrogen (secondary N) is 1. The molecule has 0 radical (unpaired) electrons. The molecule has 0 aromatic rings. The fourth-order valence-electron chi connectivity index (χ4n) is 2.18. The zero-order valence-electron chi connectivity index (χ0n) is 10.4. The second-order valence-corrected chi connectivity index (χ2v) is 4.27. The average Bonchev–Trinajstić information content (AvgIpc) is 2.26. The normalized spacial score (nSPS) is 29.1. The van der Waals surface area contributed by atoms with E-state index in [1.54, 1.807) is 7.11 Å². The predicted octanol–water partition coefficient (Wildman–Crippen LogP) is 0.931. The molecule has 1 fully saturated rings. The molecule has 1 aliphatic rings. The van der Waals surface area contributed by atoms with Gasteiger partial charge in [-0.2, -0.15) is 0 Å². The van der Waals surface area contributed by atoms with E-state index in [0.717, 1.165) is 38.8 Å². The molecule has 0 aromatic heterocycles. The average molecular weight is 231 g/mol. The van der Waals surface area contributed by atoms with Gasteiger partial charge in [0.25, 0.3) is 0 Å². The molecule has 0 saturated heterocycles. The van der Waals surface area contributed by atoms with Crippen LogP contribution in [-0.2, 0) is 9.47 Å². The van der Waals surface area contributed by atoms with Crippen molar-refractivity contribution in [1.29, 1.82) is 0 Å². The van der Waals surface area contributed by atoms with Gasteiger partial charge in [0.15, 0.2) is 0 Å². The van der Waals surface area contributed by atoms with E-state index in [-0.39, 0.29) is 12.2 Å². The molecule has 1 rings (SSSR count). The van der Waals surface area contributed by atoms with Crippen molar-refractivity contribution in [3.63, 3.8) is 0 Å². The minimum Gasteiger partial charge on any atom is -0.396 e. The van der Waals surface area contributed by atoms with Gasteiger partial charge in [0.1, 0.15) is 0 Å². The van der Waals surface area contributed by atoms with Crippen LogP contribution in [0, 0.1) is 0 Å². The smallest absolute Gasteiger partial charge is 0.0986 e. The summed E-state index contributed by atoms with van der Waals surface area (Å²) in [6.45, 7) is 4.08. The number of methoxy groups -OCH3 is 1. The van der Waals surface area contributed by atoms with Crippen LogP contribution in [-0.4, -0.2) is 50.2 Å². The second-order valence-electron chi connectivity index (χ2n) is 4.27. The van der Waals surface area contributed by atoms with E-state index in [1.807, 2.05) is 6.92 Å². The Labute approximate surface area is 98.3 Å². The molecule has 96 valence electrons. The quantitative estimate of drug-likeness (QED) is 0.580. The fraction of sp³-hybridized carbons (Fsp3) is 1.00. The van der Waals surface area contributed by atoms with Crippen molar-refractivity contribution in [1.82, 2.24) is 5.32 Å². The topological polar surface area (TPSA) is 50.7 Å². The lowest BCUT2D eigenvalue weighted by Gasteiger charge is -2.43. The monoisotopic (exact) mass is 231 g/mol. The maximum absolute atomic E-state index is 8.65. The highest BCUT2D eigenvalue weighted by molar-refractivity contribution is 4.96. The Kier molecular flexibility index (Phi) is 6.96. The third-order valence-electron chi connectivity index (χ3n) is 3.14. The van der Waals surface area contributed by atoms with E-state index in [9.17, 15) is 0 Å². The van der Waals surface area contributed by atoms with Crippen LogP contribution in [0.25, 0.3) is 0 Å². The Morgan fingerprint density at radius 1 is 1.31 bits per heavy atom.